The van der Waals surface area contributed by atoms with Crippen molar-refractivity contribution in [2.45, 2.75) is 6.18 Å². The molecule has 1 rings (SSSR count). The average molecular weight is 223 g/mol. The lowest BCUT2D eigenvalue weighted by Gasteiger charge is -2.08. The fraction of sp³-hybridized carbons (Fsp3) is 0.625. The van der Waals surface area contributed by atoms with Gasteiger partial charge in [0.25, 0.3) is 0 Å². The van der Waals surface area contributed by atoms with Gasteiger partial charge in [-0.15, -0.1) is 0 Å². The van der Waals surface area contributed by atoms with Crippen LogP contribution in [0.4, 0.5) is 19.1 Å². The van der Waals surface area contributed by atoms with Gasteiger partial charge in [-0.3, -0.25) is 0 Å². The summed E-state index contributed by atoms with van der Waals surface area (Å²) >= 11 is 0. The van der Waals surface area contributed by atoms with Crippen LogP contribution in [0.5, 0.6) is 0 Å². The minimum Gasteiger partial charge on any atom is -0.370 e. The zero-order chi connectivity index (χ0) is 11.3. The van der Waals surface area contributed by atoms with Crippen molar-refractivity contribution in [1.29, 1.82) is 0 Å². The van der Waals surface area contributed by atoms with Gasteiger partial charge in [-0.1, -0.05) is 0 Å². The SMILES string of the molecule is Cn1ccnc1NCCOCC(F)(F)F. The first-order valence-corrected chi connectivity index (χ1v) is 4.35. The van der Waals surface area contributed by atoms with Gasteiger partial charge >= 0.3 is 6.18 Å². The molecule has 0 spiro atoms. The Labute approximate surface area is 85.1 Å². The number of aromatic nitrogens is 2. The fourth-order valence-electron chi connectivity index (χ4n) is 0.959. The van der Waals surface area contributed by atoms with Crippen LogP contribution < -0.4 is 5.32 Å². The second-order valence-electron chi connectivity index (χ2n) is 2.96. The van der Waals surface area contributed by atoms with Crippen LogP contribution in [-0.2, 0) is 11.8 Å². The highest BCUT2D eigenvalue weighted by atomic mass is 19.4. The van der Waals surface area contributed by atoms with Crippen molar-refractivity contribution < 1.29 is 17.9 Å². The molecule has 0 aliphatic rings. The zero-order valence-electron chi connectivity index (χ0n) is 8.21. The number of anilines is 1. The van der Waals surface area contributed by atoms with E-state index in [9.17, 15) is 13.2 Å². The molecule has 0 unspecified atom stereocenters. The van der Waals surface area contributed by atoms with E-state index in [0.717, 1.165) is 0 Å². The molecule has 1 aromatic heterocycles. The van der Waals surface area contributed by atoms with E-state index in [1.807, 2.05) is 0 Å². The Morgan fingerprint density at radius 2 is 2.27 bits per heavy atom. The van der Waals surface area contributed by atoms with Crippen molar-refractivity contribution in [3.05, 3.63) is 12.4 Å². The third-order valence-electron chi connectivity index (χ3n) is 1.62. The maximum Gasteiger partial charge on any atom is 0.411 e. The van der Waals surface area contributed by atoms with E-state index in [1.54, 1.807) is 24.0 Å². The van der Waals surface area contributed by atoms with Crippen LogP contribution in [0, 0.1) is 0 Å². The summed E-state index contributed by atoms with van der Waals surface area (Å²) in [6, 6.07) is 0. The molecule has 0 aliphatic carbocycles. The molecule has 1 heterocycles. The van der Waals surface area contributed by atoms with E-state index in [4.69, 9.17) is 0 Å². The second-order valence-corrected chi connectivity index (χ2v) is 2.96. The number of nitrogens with zero attached hydrogens (tertiary/aromatic N) is 2. The Hall–Kier alpha value is -1.24. The molecule has 7 heteroatoms. The van der Waals surface area contributed by atoms with Crippen molar-refractivity contribution in [2.24, 2.45) is 7.05 Å². The Morgan fingerprint density at radius 3 is 2.80 bits per heavy atom. The summed E-state index contributed by atoms with van der Waals surface area (Å²) in [6.45, 7) is -0.928. The van der Waals surface area contributed by atoms with Crippen molar-refractivity contribution in [1.82, 2.24) is 9.55 Å². The number of ether oxygens (including phenoxy) is 1. The Bertz CT molecular complexity index is 298. The van der Waals surface area contributed by atoms with Gasteiger partial charge in [-0.05, 0) is 0 Å². The molecule has 0 amide bonds. The summed E-state index contributed by atoms with van der Waals surface area (Å²) in [5.41, 5.74) is 0. The highest BCUT2D eigenvalue weighted by Gasteiger charge is 2.27. The van der Waals surface area contributed by atoms with Crippen LogP contribution >= 0.6 is 0 Å². The number of aryl methyl sites for hydroxylation is 1. The smallest absolute Gasteiger partial charge is 0.370 e. The molecule has 1 N–H and O–H groups in total. The van der Waals surface area contributed by atoms with E-state index in [-0.39, 0.29) is 6.61 Å². The molecule has 0 saturated carbocycles. The molecule has 1 aromatic rings. The first-order chi connectivity index (χ1) is 6.99. The van der Waals surface area contributed by atoms with Gasteiger partial charge in [-0.25, -0.2) is 4.98 Å². The van der Waals surface area contributed by atoms with Gasteiger partial charge in [0.05, 0.1) is 6.61 Å². The number of imidazole rings is 1. The molecule has 86 valence electrons. The van der Waals surface area contributed by atoms with Crippen molar-refractivity contribution in [3.63, 3.8) is 0 Å². The zero-order valence-corrected chi connectivity index (χ0v) is 8.21. The van der Waals surface area contributed by atoms with Gasteiger partial charge in [0.2, 0.25) is 5.95 Å². The van der Waals surface area contributed by atoms with Gasteiger partial charge in [-0.2, -0.15) is 13.2 Å². The second kappa shape index (κ2) is 5.01. The number of hydrogen-bond acceptors (Lipinski definition) is 3. The predicted molar refractivity (Wildman–Crippen MR) is 48.6 cm³/mol. The summed E-state index contributed by atoms with van der Waals surface area (Å²) < 4.78 is 41.1. The average Bonchev–Trinajstić information content (AvgIpc) is 2.49. The lowest BCUT2D eigenvalue weighted by molar-refractivity contribution is -0.172. The molecular formula is C8H12F3N3O. The van der Waals surface area contributed by atoms with Crippen molar-refractivity contribution in [3.8, 4) is 0 Å². The Kier molecular flexibility index (Phi) is 3.96. The monoisotopic (exact) mass is 223 g/mol. The Morgan fingerprint density at radius 1 is 1.53 bits per heavy atom. The quantitative estimate of drug-likeness (QED) is 0.767. The minimum atomic E-state index is -4.26. The molecule has 4 nitrogen and oxygen atoms in total. The summed E-state index contributed by atoms with van der Waals surface area (Å²) in [7, 11) is 1.78. The molecule has 0 fully saturated rings. The summed E-state index contributed by atoms with van der Waals surface area (Å²) in [5.74, 6) is 0.602. The first kappa shape index (κ1) is 11.8. The van der Waals surface area contributed by atoms with E-state index >= 15 is 0 Å². The van der Waals surface area contributed by atoms with Gasteiger partial charge in [0.1, 0.15) is 6.61 Å². The van der Waals surface area contributed by atoms with Gasteiger partial charge in [0, 0.05) is 26.0 Å². The maximum absolute atomic E-state index is 11.7. The van der Waals surface area contributed by atoms with Crippen LogP contribution in [0.15, 0.2) is 12.4 Å². The van der Waals surface area contributed by atoms with E-state index in [0.29, 0.717) is 12.5 Å². The maximum atomic E-state index is 11.7. The molecule has 0 atom stereocenters. The number of nitrogens with one attached hydrogen (secondary N) is 1. The lowest BCUT2D eigenvalue weighted by Crippen LogP contribution is -2.20. The lowest BCUT2D eigenvalue weighted by atomic mass is 10.6. The predicted octanol–water partition coefficient (Wildman–Crippen LogP) is 1.41. The van der Waals surface area contributed by atoms with Gasteiger partial charge < -0.3 is 14.6 Å². The van der Waals surface area contributed by atoms with E-state index in [2.05, 4.69) is 15.0 Å². The summed E-state index contributed by atoms with van der Waals surface area (Å²) in [4.78, 5) is 3.94. The van der Waals surface area contributed by atoms with Crippen LogP contribution in [0.1, 0.15) is 0 Å². The third-order valence-corrected chi connectivity index (χ3v) is 1.62. The highest BCUT2D eigenvalue weighted by Crippen LogP contribution is 2.14. The highest BCUT2D eigenvalue weighted by molar-refractivity contribution is 5.24. The fourth-order valence-corrected chi connectivity index (χ4v) is 0.959. The van der Waals surface area contributed by atoms with Crippen molar-refractivity contribution >= 4 is 5.95 Å². The van der Waals surface area contributed by atoms with Crippen LogP contribution in [0.2, 0.25) is 0 Å². The molecule has 15 heavy (non-hydrogen) atoms. The minimum absolute atomic E-state index is 0.00757. The first-order valence-electron chi connectivity index (χ1n) is 4.35. The Balaban J connectivity index is 2.10. The third kappa shape index (κ3) is 4.68. The summed E-state index contributed by atoms with van der Waals surface area (Å²) in [5, 5.41) is 2.84. The molecule has 0 saturated heterocycles. The normalized spacial score (nSPS) is 11.7. The molecular weight excluding hydrogens is 211 g/mol. The number of hydrogen-bond donors (Lipinski definition) is 1. The van der Waals surface area contributed by atoms with E-state index in [1.165, 1.54) is 0 Å². The number of halogens is 3. The number of rotatable bonds is 5. The molecule has 0 aliphatic heterocycles. The molecule has 0 radical (unpaired) electrons. The topological polar surface area (TPSA) is 39.1 Å². The summed E-state index contributed by atoms with van der Waals surface area (Å²) in [6.07, 6.45) is -0.930. The van der Waals surface area contributed by atoms with Crippen LogP contribution in [0.3, 0.4) is 0 Å². The largest absolute Gasteiger partial charge is 0.411 e. The molecule has 0 aromatic carbocycles. The van der Waals surface area contributed by atoms with Gasteiger partial charge in [0.15, 0.2) is 0 Å². The standard InChI is InChI=1S/C8H12F3N3O/c1-14-4-2-12-7(14)13-3-5-15-6-8(9,10)11/h2,4H,3,5-6H2,1H3,(H,12,13). The van der Waals surface area contributed by atoms with Crippen LogP contribution in [-0.4, -0.2) is 35.5 Å². The molecule has 0 bridgehead atoms. The van der Waals surface area contributed by atoms with Crippen LogP contribution in [0.25, 0.3) is 0 Å². The van der Waals surface area contributed by atoms with Crippen molar-refractivity contribution in [2.75, 3.05) is 25.1 Å². The van der Waals surface area contributed by atoms with E-state index < -0.39 is 12.8 Å². The number of alkyl halides is 3.